The van der Waals surface area contributed by atoms with Crippen molar-refractivity contribution in [3.63, 3.8) is 0 Å². The summed E-state index contributed by atoms with van der Waals surface area (Å²) in [6.07, 6.45) is 4.89. The van der Waals surface area contributed by atoms with Gasteiger partial charge in [0.2, 0.25) is 0 Å². The number of hydrogen-bond acceptors (Lipinski definition) is 6. The van der Waals surface area contributed by atoms with Gasteiger partial charge in [0.25, 0.3) is 5.91 Å². The van der Waals surface area contributed by atoms with Crippen molar-refractivity contribution >= 4 is 17.4 Å². The molecular formula is C19H26N4O3. The summed E-state index contributed by atoms with van der Waals surface area (Å²) in [6, 6.07) is 5.47. The second-order valence-corrected chi connectivity index (χ2v) is 5.77. The Bertz CT molecular complexity index is 713. The predicted octanol–water partition coefficient (Wildman–Crippen LogP) is 3.50. The summed E-state index contributed by atoms with van der Waals surface area (Å²) in [5, 5.41) is 3.14. The highest BCUT2D eigenvalue weighted by Gasteiger charge is 2.16. The summed E-state index contributed by atoms with van der Waals surface area (Å²) in [5.74, 6) is 1.73. The van der Waals surface area contributed by atoms with Crippen LogP contribution in [0.2, 0.25) is 0 Å². The third-order valence-corrected chi connectivity index (χ3v) is 3.80. The largest absolute Gasteiger partial charge is 0.493 e. The summed E-state index contributed by atoms with van der Waals surface area (Å²) >= 11 is 0. The highest BCUT2D eigenvalue weighted by molar-refractivity contribution is 5.92. The Labute approximate surface area is 154 Å². The second kappa shape index (κ2) is 9.60. The Kier molecular flexibility index (Phi) is 7.20. The molecule has 0 saturated carbocycles. The van der Waals surface area contributed by atoms with Gasteiger partial charge in [0.05, 0.1) is 26.6 Å². The number of carbonyl (C=O) groups is 1. The van der Waals surface area contributed by atoms with E-state index in [1.165, 1.54) is 6.20 Å². The minimum absolute atomic E-state index is 0.0844. The molecule has 0 unspecified atom stereocenters. The van der Waals surface area contributed by atoms with Gasteiger partial charge in [0.15, 0.2) is 11.5 Å². The van der Waals surface area contributed by atoms with E-state index >= 15 is 0 Å². The van der Waals surface area contributed by atoms with Gasteiger partial charge in [-0.25, -0.2) is 9.97 Å². The number of amides is 1. The van der Waals surface area contributed by atoms with Crippen molar-refractivity contribution in [2.75, 3.05) is 32.6 Å². The Morgan fingerprint density at radius 2 is 1.73 bits per heavy atom. The molecule has 0 aliphatic carbocycles. The Morgan fingerprint density at radius 3 is 2.27 bits per heavy atom. The van der Waals surface area contributed by atoms with Gasteiger partial charge < -0.3 is 19.7 Å². The van der Waals surface area contributed by atoms with E-state index in [2.05, 4.69) is 29.1 Å². The molecule has 0 aliphatic heterocycles. The van der Waals surface area contributed by atoms with Crippen molar-refractivity contribution in [3.05, 3.63) is 36.3 Å². The quantitative estimate of drug-likeness (QED) is 0.739. The first-order valence-corrected chi connectivity index (χ1v) is 8.73. The van der Waals surface area contributed by atoms with E-state index in [0.717, 1.165) is 31.6 Å². The van der Waals surface area contributed by atoms with Crippen molar-refractivity contribution in [3.8, 4) is 11.5 Å². The fraction of sp³-hybridized carbons (Fsp3) is 0.421. The average Bonchev–Trinajstić information content (AvgIpc) is 2.67. The van der Waals surface area contributed by atoms with E-state index < -0.39 is 0 Å². The number of ether oxygens (including phenoxy) is 2. The predicted molar refractivity (Wildman–Crippen MR) is 101 cm³/mol. The number of aromatic nitrogens is 2. The van der Waals surface area contributed by atoms with Crippen molar-refractivity contribution in [1.29, 1.82) is 0 Å². The molecule has 1 N–H and O–H groups in total. The zero-order chi connectivity index (χ0) is 18.9. The minimum atomic E-state index is -0.0844. The molecule has 140 valence electrons. The van der Waals surface area contributed by atoms with Crippen molar-refractivity contribution in [2.45, 2.75) is 26.7 Å². The number of nitrogens with zero attached hydrogens (tertiary/aromatic N) is 3. The lowest BCUT2D eigenvalue weighted by Crippen LogP contribution is -2.33. The van der Waals surface area contributed by atoms with Crippen LogP contribution in [0.4, 0.5) is 11.5 Å². The molecule has 7 heteroatoms. The normalized spacial score (nSPS) is 10.3. The first kappa shape index (κ1) is 19.5. The molecular weight excluding hydrogens is 332 g/mol. The van der Waals surface area contributed by atoms with Crippen LogP contribution >= 0.6 is 0 Å². The summed E-state index contributed by atoms with van der Waals surface area (Å²) in [4.78, 5) is 22.9. The van der Waals surface area contributed by atoms with E-state index in [0.29, 0.717) is 23.0 Å². The van der Waals surface area contributed by atoms with Crippen LogP contribution in [0.3, 0.4) is 0 Å². The molecule has 2 rings (SSSR count). The van der Waals surface area contributed by atoms with Crippen molar-refractivity contribution in [1.82, 2.24) is 14.9 Å². The van der Waals surface area contributed by atoms with Crippen LogP contribution in [-0.4, -0.2) is 48.1 Å². The number of nitrogens with one attached hydrogen (secondary N) is 1. The van der Waals surface area contributed by atoms with Crippen molar-refractivity contribution < 1.29 is 14.3 Å². The zero-order valence-electron chi connectivity index (χ0n) is 15.8. The molecule has 0 spiro atoms. The molecule has 1 aromatic carbocycles. The van der Waals surface area contributed by atoms with Gasteiger partial charge in [0.1, 0.15) is 11.5 Å². The summed E-state index contributed by atoms with van der Waals surface area (Å²) in [6.45, 7) is 5.55. The third-order valence-electron chi connectivity index (χ3n) is 3.80. The molecule has 0 radical (unpaired) electrons. The van der Waals surface area contributed by atoms with Crippen LogP contribution in [0.5, 0.6) is 11.5 Å². The fourth-order valence-corrected chi connectivity index (χ4v) is 2.58. The van der Waals surface area contributed by atoms with Crippen LogP contribution in [0.25, 0.3) is 0 Å². The van der Waals surface area contributed by atoms with Crippen LogP contribution in [0.1, 0.15) is 37.2 Å². The van der Waals surface area contributed by atoms with Gasteiger partial charge in [-0.1, -0.05) is 13.8 Å². The molecule has 0 atom stereocenters. The number of hydrogen-bond donors (Lipinski definition) is 1. The Hall–Kier alpha value is -2.83. The number of carbonyl (C=O) groups excluding carboxylic acids is 1. The maximum atomic E-state index is 12.5. The second-order valence-electron chi connectivity index (χ2n) is 5.77. The first-order chi connectivity index (χ1) is 12.6. The summed E-state index contributed by atoms with van der Waals surface area (Å²) in [7, 11) is 3.17. The SMILES string of the molecule is CCCN(CCC)C(=O)c1cnc(Nc2ccc(OC)c(OC)c2)cn1. The molecule has 1 amide bonds. The number of methoxy groups -OCH3 is 2. The lowest BCUT2D eigenvalue weighted by atomic mass is 10.2. The van der Waals surface area contributed by atoms with Gasteiger partial charge in [-0.15, -0.1) is 0 Å². The fourth-order valence-electron chi connectivity index (χ4n) is 2.58. The highest BCUT2D eigenvalue weighted by atomic mass is 16.5. The third kappa shape index (κ3) is 4.84. The summed E-state index contributed by atoms with van der Waals surface area (Å²) in [5.41, 5.74) is 1.14. The Morgan fingerprint density at radius 1 is 1.04 bits per heavy atom. The van der Waals surface area contributed by atoms with Gasteiger partial charge in [0, 0.05) is 24.8 Å². The molecule has 1 heterocycles. The van der Waals surface area contributed by atoms with Crippen LogP contribution < -0.4 is 14.8 Å². The zero-order valence-corrected chi connectivity index (χ0v) is 15.8. The standard InChI is InChI=1S/C19H26N4O3/c1-5-9-23(10-6-2)19(24)15-12-21-18(13-20-15)22-14-7-8-16(25-3)17(11-14)26-4/h7-8,11-13H,5-6,9-10H2,1-4H3,(H,21,22). The lowest BCUT2D eigenvalue weighted by Gasteiger charge is -2.20. The molecule has 7 nitrogen and oxygen atoms in total. The monoisotopic (exact) mass is 358 g/mol. The van der Waals surface area contributed by atoms with Crippen LogP contribution in [0.15, 0.2) is 30.6 Å². The van der Waals surface area contributed by atoms with Gasteiger partial charge in [-0.05, 0) is 25.0 Å². The van der Waals surface area contributed by atoms with Crippen LogP contribution in [0, 0.1) is 0 Å². The van der Waals surface area contributed by atoms with E-state index in [-0.39, 0.29) is 5.91 Å². The lowest BCUT2D eigenvalue weighted by molar-refractivity contribution is 0.0749. The first-order valence-electron chi connectivity index (χ1n) is 8.73. The van der Waals surface area contributed by atoms with Crippen LogP contribution in [-0.2, 0) is 0 Å². The number of anilines is 2. The maximum Gasteiger partial charge on any atom is 0.274 e. The molecule has 26 heavy (non-hydrogen) atoms. The highest BCUT2D eigenvalue weighted by Crippen LogP contribution is 2.30. The smallest absolute Gasteiger partial charge is 0.274 e. The van der Waals surface area contributed by atoms with E-state index in [1.54, 1.807) is 26.5 Å². The molecule has 0 saturated heterocycles. The topological polar surface area (TPSA) is 76.6 Å². The van der Waals surface area contributed by atoms with E-state index in [1.807, 2.05) is 17.0 Å². The number of benzene rings is 1. The molecule has 2 aromatic rings. The van der Waals surface area contributed by atoms with E-state index in [4.69, 9.17) is 9.47 Å². The maximum absolute atomic E-state index is 12.5. The Balaban J connectivity index is 2.10. The number of rotatable bonds is 9. The molecule has 0 fully saturated rings. The molecule has 0 aliphatic rings. The molecule has 1 aromatic heterocycles. The van der Waals surface area contributed by atoms with Gasteiger partial charge in [-0.2, -0.15) is 0 Å². The minimum Gasteiger partial charge on any atom is -0.493 e. The molecule has 0 bridgehead atoms. The summed E-state index contributed by atoms with van der Waals surface area (Å²) < 4.78 is 10.5. The van der Waals surface area contributed by atoms with E-state index in [9.17, 15) is 4.79 Å². The average molecular weight is 358 g/mol. The van der Waals surface area contributed by atoms with Crippen molar-refractivity contribution in [2.24, 2.45) is 0 Å². The van der Waals surface area contributed by atoms with Gasteiger partial charge >= 0.3 is 0 Å². The van der Waals surface area contributed by atoms with Gasteiger partial charge in [-0.3, -0.25) is 4.79 Å².